The van der Waals surface area contributed by atoms with Gasteiger partial charge in [-0.3, -0.25) is 0 Å². The van der Waals surface area contributed by atoms with E-state index < -0.39 is 15.9 Å². The first-order valence-electron chi connectivity index (χ1n) is 8.27. The van der Waals surface area contributed by atoms with Crippen molar-refractivity contribution in [3.05, 3.63) is 71.8 Å². The van der Waals surface area contributed by atoms with Crippen LogP contribution in [0.25, 0.3) is 0 Å². The molecule has 4 nitrogen and oxygen atoms in total. The first kappa shape index (κ1) is 17.1. The monoisotopic (exact) mass is 345 g/mol. The molecule has 1 saturated heterocycles. The SMILES string of the molecule is O=S1(=O)C[C@@H](O)[C@@H](NCCC(c2ccccc2)c2ccccc2)C1. The van der Waals surface area contributed by atoms with Crippen molar-refractivity contribution in [2.75, 3.05) is 18.1 Å². The molecule has 2 aromatic carbocycles. The van der Waals surface area contributed by atoms with Gasteiger partial charge in [0, 0.05) is 12.0 Å². The molecule has 0 aliphatic carbocycles. The average molecular weight is 345 g/mol. The molecule has 2 aromatic rings. The number of nitrogens with one attached hydrogen (secondary N) is 1. The summed E-state index contributed by atoms with van der Waals surface area (Å²) in [5, 5.41) is 13.1. The van der Waals surface area contributed by atoms with E-state index in [1.807, 2.05) is 36.4 Å². The van der Waals surface area contributed by atoms with Crippen molar-refractivity contribution in [1.29, 1.82) is 0 Å². The van der Waals surface area contributed by atoms with Gasteiger partial charge in [0.1, 0.15) is 0 Å². The van der Waals surface area contributed by atoms with Crippen LogP contribution in [0.5, 0.6) is 0 Å². The van der Waals surface area contributed by atoms with Gasteiger partial charge >= 0.3 is 0 Å². The van der Waals surface area contributed by atoms with E-state index in [-0.39, 0.29) is 23.5 Å². The van der Waals surface area contributed by atoms with Gasteiger partial charge in [-0.1, -0.05) is 60.7 Å². The van der Waals surface area contributed by atoms with Crippen LogP contribution >= 0.6 is 0 Å². The molecular formula is C19H23NO3S. The maximum Gasteiger partial charge on any atom is 0.154 e. The molecule has 0 spiro atoms. The van der Waals surface area contributed by atoms with Crippen molar-refractivity contribution in [2.24, 2.45) is 0 Å². The van der Waals surface area contributed by atoms with Crippen LogP contribution in [0, 0.1) is 0 Å². The Labute approximate surface area is 143 Å². The highest BCUT2D eigenvalue weighted by atomic mass is 32.2. The van der Waals surface area contributed by atoms with Crippen LogP contribution < -0.4 is 5.32 Å². The lowest BCUT2D eigenvalue weighted by Gasteiger charge is -2.21. The van der Waals surface area contributed by atoms with Crippen molar-refractivity contribution in [3.63, 3.8) is 0 Å². The van der Waals surface area contributed by atoms with Crippen molar-refractivity contribution in [3.8, 4) is 0 Å². The lowest BCUT2D eigenvalue weighted by molar-refractivity contribution is 0.166. The molecule has 0 aromatic heterocycles. The molecule has 24 heavy (non-hydrogen) atoms. The van der Waals surface area contributed by atoms with Crippen LogP contribution in [0.1, 0.15) is 23.5 Å². The number of sulfone groups is 1. The highest BCUT2D eigenvalue weighted by Crippen LogP contribution is 2.27. The van der Waals surface area contributed by atoms with E-state index in [0.29, 0.717) is 6.54 Å². The standard InChI is InChI=1S/C19H23NO3S/c21-19-14-24(22,23)13-18(19)20-12-11-17(15-7-3-1-4-8-15)16-9-5-2-6-10-16/h1-10,17-21H,11-14H2/t18-,19+/m0/s1. The number of rotatable bonds is 6. The second kappa shape index (κ2) is 7.47. The van der Waals surface area contributed by atoms with Crippen LogP contribution in [0.3, 0.4) is 0 Å². The Balaban J connectivity index is 1.67. The first-order valence-corrected chi connectivity index (χ1v) is 10.1. The van der Waals surface area contributed by atoms with Crippen molar-refractivity contribution in [1.82, 2.24) is 5.32 Å². The second-order valence-corrected chi connectivity index (χ2v) is 8.52. The smallest absolute Gasteiger partial charge is 0.154 e. The van der Waals surface area contributed by atoms with Crippen molar-refractivity contribution < 1.29 is 13.5 Å². The number of aliphatic hydroxyl groups is 1. The predicted molar refractivity (Wildman–Crippen MR) is 95.8 cm³/mol. The third kappa shape index (κ3) is 4.23. The summed E-state index contributed by atoms with van der Waals surface area (Å²) in [6, 6.07) is 20.3. The van der Waals surface area contributed by atoms with Crippen LogP contribution in [0.4, 0.5) is 0 Å². The van der Waals surface area contributed by atoms with Gasteiger partial charge in [0.05, 0.1) is 17.6 Å². The molecule has 1 fully saturated rings. The molecule has 3 rings (SSSR count). The largest absolute Gasteiger partial charge is 0.390 e. The molecule has 0 radical (unpaired) electrons. The molecule has 128 valence electrons. The van der Waals surface area contributed by atoms with Gasteiger partial charge < -0.3 is 10.4 Å². The van der Waals surface area contributed by atoms with Gasteiger partial charge in [-0.2, -0.15) is 0 Å². The number of aliphatic hydroxyl groups excluding tert-OH is 1. The summed E-state index contributed by atoms with van der Waals surface area (Å²) in [5.74, 6) is 0.135. The minimum absolute atomic E-state index is 0.0233. The Hall–Kier alpha value is -1.69. The average Bonchev–Trinajstić information content (AvgIpc) is 2.85. The Morgan fingerprint density at radius 1 is 0.958 bits per heavy atom. The predicted octanol–water partition coefficient (Wildman–Crippen LogP) is 1.96. The fourth-order valence-electron chi connectivity index (χ4n) is 3.33. The van der Waals surface area contributed by atoms with Gasteiger partial charge in [-0.05, 0) is 24.1 Å². The first-order chi connectivity index (χ1) is 11.6. The summed E-state index contributed by atoms with van der Waals surface area (Å²) in [5.41, 5.74) is 2.48. The highest BCUT2D eigenvalue weighted by molar-refractivity contribution is 7.91. The zero-order valence-electron chi connectivity index (χ0n) is 13.5. The molecule has 1 aliphatic rings. The lowest BCUT2D eigenvalue weighted by atomic mass is 9.88. The number of benzene rings is 2. The zero-order valence-corrected chi connectivity index (χ0v) is 14.3. The zero-order chi connectivity index (χ0) is 17.0. The normalized spacial score (nSPS) is 22.8. The molecule has 0 unspecified atom stereocenters. The van der Waals surface area contributed by atoms with E-state index in [2.05, 4.69) is 29.6 Å². The third-order valence-corrected chi connectivity index (χ3v) is 6.28. The van der Waals surface area contributed by atoms with E-state index in [1.165, 1.54) is 11.1 Å². The summed E-state index contributed by atoms with van der Waals surface area (Å²) >= 11 is 0. The number of hydrogen-bond acceptors (Lipinski definition) is 4. The minimum Gasteiger partial charge on any atom is -0.390 e. The molecule has 1 heterocycles. The highest BCUT2D eigenvalue weighted by Gasteiger charge is 2.35. The van der Waals surface area contributed by atoms with Crippen LogP contribution in [-0.4, -0.2) is 43.7 Å². The second-order valence-electron chi connectivity index (χ2n) is 6.37. The molecular weight excluding hydrogens is 322 g/mol. The lowest BCUT2D eigenvalue weighted by Crippen LogP contribution is -2.39. The fraction of sp³-hybridized carbons (Fsp3) is 0.368. The maximum absolute atomic E-state index is 11.6. The molecule has 0 saturated carbocycles. The van der Waals surface area contributed by atoms with E-state index in [9.17, 15) is 13.5 Å². The number of hydrogen-bond donors (Lipinski definition) is 2. The van der Waals surface area contributed by atoms with E-state index in [0.717, 1.165) is 6.42 Å². The van der Waals surface area contributed by atoms with Crippen LogP contribution in [0.15, 0.2) is 60.7 Å². The summed E-state index contributed by atoms with van der Waals surface area (Å²) in [7, 11) is -3.11. The summed E-state index contributed by atoms with van der Waals surface area (Å²) < 4.78 is 23.2. The van der Waals surface area contributed by atoms with Crippen LogP contribution in [-0.2, 0) is 9.84 Å². The minimum atomic E-state index is -3.11. The maximum atomic E-state index is 11.6. The fourth-order valence-corrected chi connectivity index (χ4v) is 5.11. The Bertz CT molecular complexity index is 707. The quantitative estimate of drug-likeness (QED) is 0.840. The van der Waals surface area contributed by atoms with Gasteiger partial charge in [0.15, 0.2) is 9.84 Å². The molecule has 0 bridgehead atoms. The molecule has 2 N–H and O–H groups in total. The third-order valence-electron chi connectivity index (χ3n) is 4.57. The molecule has 2 atom stereocenters. The van der Waals surface area contributed by atoms with E-state index in [1.54, 1.807) is 0 Å². The Morgan fingerprint density at radius 2 is 1.50 bits per heavy atom. The van der Waals surface area contributed by atoms with Gasteiger partial charge in [-0.15, -0.1) is 0 Å². The summed E-state index contributed by atoms with van der Waals surface area (Å²) in [6.45, 7) is 0.658. The van der Waals surface area contributed by atoms with Gasteiger partial charge in [0.2, 0.25) is 0 Å². The van der Waals surface area contributed by atoms with E-state index in [4.69, 9.17) is 0 Å². The van der Waals surface area contributed by atoms with Gasteiger partial charge in [-0.25, -0.2) is 8.42 Å². The Kier molecular flexibility index (Phi) is 5.33. The molecule has 1 aliphatic heterocycles. The van der Waals surface area contributed by atoms with E-state index >= 15 is 0 Å². The van der Waals surface area contributed by atoms with Gasteiger partial charge in [0.25, 0.3) is 0 Å². The topological polar surface area (TPSA) is 66.4 Å². The molecule has 0 amide bonds. The van der Waals surface area contributed by atoms with Crippen LogP contribution in [0.2, 0.25) is 0 Å². The van der Waals surface area contributed by atoms with Crippen molar-refractivity contribution >= 4 is 9.84 Å². The molecule has 5 heteroatoms. The summed E-state index contributed by atoms with van der Waals surface area (Å²) in [6.07, 6.45) is 0.0407. The Morgan fingerprint density at radius 3 is 1.96 bits per heavy atom. The van der Waals surface area contributed by atoms with Crippen molar-refractivity contribution in [2.45, 2.75) is 24.5 Å². The summed E-state index contributed by atoms with van der Waals surface area (Å²) in [4.78, 5) is 0.